The minimum atomic E-state index is -0.300. The van der Waals surface area contributed by atoms with Gasteiger partial charge in [0, 0.05) is 19.6 Å². The molecule has 2 rings (SSSR count). The van der Waals surface area contributed by atoms with E-state index < -0.39 is 0 Å². The molecule has 0 radical (unpaired) electrons. The average Bonchev–Trinajstić information content (AvgIpc) is 2.53. The van der Waals surface area contributed by atoms with E-state index in [0.717, 1.165) is 25.1 Å². The number of amides is 1. The first-order valence-corrected chi connectivity index (χ1v) is 8.10. The third kappa shape index (κ3) is 7.02. The second-order valence-electron chi connectivity index (χ2n) is 6.09. The minimum absolute atomic E-state index is 0. The second kappa shape index (κ2) is 10.5. The van der Waals surface area contributed by atoms with Gasteiger partial charge in [0.05, 0.1) is 13.0 Å². The van der Waals surface area contributed by atoms with Crippen LogP contribution in [0.5, 0.6) is 0 Å². The fourth-order valence-corrected chi connectivity index (χ4v) is 2.71. The molecule has 1 heterocycles. The standard InChI is InChI=1S/C17H25FN4O.HI/c1-13-3-2-10-22(12-13)17(19)21-9-8-20-16(23)11-14-4-6-15(18)7-5-14;/h4-7,13H,2-3,8-12H2,1H3,(H2,19,21)(H,20,23);1H. The van der Waals surface area contributed by atoms with Crippen molar-refractivity contribution >= 4 is 35.8 Å². The van der Waals surface area contributed by atoms with Crippen LogP contribution in [0, 0.1) is 11.7 Å². The third-order valence-electron chi connectivity index (χ3n) is 3.97. The number of rotatable bonds is 5. The molecule has 1 aromatic carbocycles. The van der Waals surface area contributed by atoms with Crippen molar-refractivity contribution in [2.75, 3.05) is 26.2 Å². The van der Waals surface area contributed by atoms with Gasteiger partial charge in [0.15, 0.2) is 5.96 Å². The lowest BCUT2D eigenvalue weighted by molar-refractivity contribution is -0.120. The predicted octanol–water partition coefficient (Wildman–Crippen LogP) is 2.15. The number of benzene rings is 1. The minimum Gasteiger partial charge on any atom is -0.370 e. The van der Waals surface area contributed by atoms with Crippen LogP contribution in [-0.2, 0) is 11.2 Å². The Morgan fingerprint density at radius 2 is 2.12 bits per heavy atom. The Morgan fingerprint density at radius 3 is 2.79 bits per heavy atom. The first kappa shape index (κ1) is 20.7. The van der Waals surface area contributed by atoms with Crippen molar-refractivity contribution in [2.24, 2.45) is 16.6 Å². The summed E-state index contributed by atoms with van der Waals surface area (Å²) in [5.41, 5.74) is 6.78. The SMILES string of the molecule is CC1CCCN(C(N)=NCCNC(=O)Cc2ccc(F)cc2)C1.I. The van der Waals surface area contributed by atoms with Gasteiger partial charge in [0.25, 0.3) is 0 Å². The van der Waals surface area contributed by atoms with E-state index in [1.165, 1.54) is 18.6 Å². The molecule has 1 saturated heterocycles. The first-order chi connectivity index (χ1) is 11.0. The zero-order valence-corrected chi connectivity index (χ0v) is 16.3. The van der Waals surface area contributed by atoms with Crippen molar-refractivity contribution in [1.29, 1.82) is 0 Å². The molecule has 0 bridgehead atoms. The van der Waals surface area contributed by atoms with Gasteiger partial charge >= 0.3 is 0 Å². The van der Waals surface area contributed by atoms with Crippen molar-refractivity contribution in [3.63, 3.8) is 0 Å². The Balaban J connectivity index is 0.00000288. The van der Waals surface area contributed by atoms with Gasteiger partial charge < -0.3 is 16.0 Å². The number of halogens is 2. The number of carbonyl (C=O) groups excluding carboxylic acids is 1. The topological polar surface area (TPSA) is 70.7 Å². The van der Waals surface area contributed by atoms with Gasteiger partial charge in [-0.2, -0.15) is 0 Å². The van der Waals surface area contributed by atoms with Gasteiger partial charge in [-0.1, -0.05) is 19.1 Å². The van der Waals surface area contributed by atoms with Crippen LogP contribution in [0.15, 0.2) is 29.3 Å². The van der Waals surface area contributed by atoms with Crippen molar-refractivity contribution in [3.8, 4) is 0 Å². The van der Waals surface area contributed by atoms with E-state index in [9.17, 15) is 9.18 Å². The van der Waals surface area contributed by atoms with Crippen LogP contribution in [0.25, 0.3) is 0 Å². The number of aliphatic imine (C=N–C) groups is 1. The van der Waals surface area contributed by atoms with Crippen LogP contribution in [0.1, 0.15) is 25.3 Å². The van der Waals surface area contributed by atoms with Gasteiger partial charge in [-0.25, -0.2) is 4.39 Å². The van der Waals surface area contributed by atoms with Crippen molar-refractivity contribution in [1.82, 2.24) is 10.2 Å². The molecule has 24 heavy (non-hydrogen) atoms. The van der Waals surface area contributed by atoms with Crippen molar-refractivity contribution in [3.05, 3.63) is 35.6 Å². The molecule has 0 aromatic heterocycles. The van der Waals surface area contributed by atoms with Gasteiger partial charge in [-0.3, -0.25) is 9.79 Å². The Bertz CT molecular complexity index is 550. The Hall–Kier alpha value is -1.38. The fourth-order valence-electron chi connectivity index (χ4n) is 2.71. The lowest BCUT2D eigenvalue weighted by Crippen LogP contribution is -2.43. The molecular weight excluding hydrogens is 422 g/mol. The van der Waals surface area contributed by atoms with Gasteiger partial charge in [0.1, 0.15) is 5.82 Å². The van der Waals surface area contributed by atoms with Crippen LogP contribution in [0.3, 0.4) is 0 Å². The second-order valence-corrected chi connectivity index (χ2v) is 6.09. The molecule has 1 aliphatic rings. The number of hydrogen-bond donors (Lipinski definition) is 2. The Morgan fingerprint density at radius 1 is 1.42 bits per heavy atom. The zero-order valence-electron chi connectivity index (χ0n) is 14.0. The number of nitrogens with one attached hydrogen (secondary N) is 1. The summed E-state index contributed by atoms with van der Waals surface area (Å²) in [6.07, 6.45) is 2.62. The highest BCUT2D eigenvalue weighted by molar-refractivity contribution is 14.0. The van der Waals surface area contributed by atoms with Crippen molar-refractivity contribution < 1.29 is 9.18 Å². The van der Waals surface area contributed by atoms with Crippen molar-refractivity contribution in [2.45, 2.75) is 26.2 Å². The fraction of sp³-hybridized carbons (Fsp3) is 0.529. The van der Waals surface area contributed by atoms with Crippen LogP contribution in [-0.4, -0.2) is 42.9 Å². The molecule has 0 saturated carbocycles. The summed E-state index contributed by atoms with van der Waals surface area (Å²) in [7, 11) is 0. The predicted molar refractivity (Wildman–Crippen MR) is 105 cm³/mol. The van der Waals surface area contributed by atoms with Gasteiger partial charge in [-0.15, -0.1) is 24.0 Å². The summed E-state index contributed by atoms with van der Waals surface area (Å²) in [6.45, 7) is 5.04. The van der Waals surface area contributed by atoms with Gasteiger partial charge in [0.2, 0.25) is 5.91 Å². The van der Waals surface area contributed by atoms with E-state index >= 15 is 0 Å². The molecule has 5 nitrogen and oxygen atoms in total. The monoisotopic (exact) mass is 448 g/mol. The summed E-state index contributed by atoms with van der Waals surface area (Å²) < 4.78 is 12.8. The highest BCUT2D eigenvalue weighted by Gasteiger charge is 2.17. The molecule has 1 amide bonds. The molecule has 1 aromatic rings. The van der Waals surface area contributed by atoms with E-state index in [4.69, 9.17) is 5.73 Å². The number of guanidine groups is 1. The van der Waals surface area contributed by atoms with E-state index in [1.54, 1.807) is 12.1 Å². The average molecular weight is 448 g/mol. The molecule has 1 fully saturated rings. The molecule has 0 aliphatic carbocycles. The summed E-state index contributed by atoms with van der Waals surface area (Å²) in [5.74, 6) is 0.806. The maximum atomic E-state index is 12.8. The quantitative estimate of drug-likeness (QED) is 0.314. The summed E-state index contributed by atoms with van der Waals surface area (Å²) >= 11 is 0. The van der Waals surface area contributed by atoms with E-state index in [1.807, 2.05) is 0 Å². The Kier molecular flexibility index (Phi) is 9.02. The molecular formula is C17H26FIN4O. The molecule has 1 unspecified atom stereocenters. The number of piperidine rings is 1. The number of carbonyl (C=O) groups is 1. The summed E-state index contributed by atoms with van der Waals surface area (Å²) in [6, 6.07) is 5.94. The number of hydrogen-bond acceptors (Lipinski definition) is 2. The molecule has 1 atom stereocenters. The van der Waals surface area contributed by atoms with Gasteiger partial charge in [-0.05, 0) is 36.5 Å². The molecule has 134 valence electrons. The normalized spacial score (nSPS) is 18.0. The number of likely N-dealkylation sites (tertiary alicyclic amines) is 1. The summed E-state index contributed by atoms with van der Waals surface area (Å²) in [5, 5.41) is 2.80. The summed E-state index contributed by atoms with van der Waals surface area (Å²) in [4.78, 5) is 18.2. The van der Waals surface area contributed by atoms with Crippen LogP contribution >= 0.6 is 24.0 Å². The number of nitrogens with two attached hydrogens (primary N) is 1. The lowest BCUT2D eigenvalue weighted by Gasteiger charge is -2.31. The maximum Gasteiger partial charge on any atom is 0.224 e. The maximum absolute atomic E-state index is 12.8. The largest absolute Gasteiger partial charge is 0.370 e. The molecule has 3 N–H and O–H groups in total. The highest BCUT2D eigenvalue weighted by Crippen LogP contribution is 2.14. The number of nitrogens with zero attached hydrogens (tertiary/aromatic N) is 2. The zero-order chi connectivity index (χ0) is 16.7. The van der Waals surface area contributed by atoms with E-state index in [-0.39, 0.29) is 42.1 Å². The van der Waals surface area contributed by atoms with Crippen LogP contribution < -0.4 is 11.1 Å². The lowest BCUT2D eigenvalue weighted by atomic mass is 10.0. The van der Waals surface area contributed by atoms with E-state index in [0.29, 0.717) is 25.0 Å². The highest BCUT2D eigenvalue weighted by atomic mass is 127. The Labute approximate surface area is 159 Å². The first-order valence-electron chi connectivity index (χ1n) is 8.10. The van der Waals surface area contributed by atoms with Crippen LogP contribution in [0.4, 0.5) is 4.39 Å². The molecule has 7 heteroatoms. The van der Waals surface area contributed by atoms with E-state index in [2.05, 4.69) is 22.1 Å². The smallest absolute Gasteiger partial charge is 0.224 e. The molecule has 0 spiro atoms. The third-order valence-corrected chi connectivity index (χ3v) is 3.97. The van der Waals surface area contributed by atoms with Crippen LogP contribution in [0.2, 0.25) is 0 Å². The molecule has 1 aliphatic heterocycles.